The van der Waals surface area contributed by atoms with E-state index >= 15 is 0 Å². The van der Waals surface area contributed by atoms with Crippen LogP contribution >= 0.6 is 0 Å². The molecule has 4 heteroatoms. The molecular weight excluding hydrogens is 265 g/mol. The Hall–Kier alpha value is -2.30. The number of halogens is 1. The first-order valence-electron chi connectivity index (χ1n) is 6.76. The molecule has 2 aromatic carbocycles. The Morgan fingerprint density at radius 2 is 2.00 bits per heavy atom. The molecule has 0 saturated carbocycles. The summed E-state index contributed by atoms with van der Waals surface area (Å²) in [5.74, 6) is 5.44. The molecular formula is C17H16FN3. The van der Waals surface area contributed by atoms with E-state index in [1.165, 1.54) is 12.1 Å². The number of nitrogens with zero attached hydrogens (tertiary/aromatic N) is 1. The molecule has 0 fully saturated rings. The summed E-state index contributed by atoms with van der Waals surface area (Å²) >= 11 is 0. The molecule has 0 aliphatic heterocycles. The fourth-order valence-corrected chi connectivity index (χ4v) is 2.55. The van der Waals surface area contributed by atoms with E-state index in [0.717, 1.165) is 27.6 Å². The van der Waals surface area contributed by atoms with Crippen molar-refractivity contribution in [3.63, 3.8) is 0 Å². The van der Waals surface area contributed by atoms with Crippen molar-refractivity contribution in [3.8, 4) is 0 Å². The number of rotatable bonds is 3. The van der Waals surface area contributed by atoms with Gasteiger partial charge < -0.3 is 0 Å². The fourth-order valence-electron chi connectivity index (χ4n) is 2.55. The molecule has 3 nitrogen and oxygen atoms in total. The minimum absolute atomic E-state index is 0.269. The number of nitrogens with one attached hydrogen (secondary N) is 1. The summed E-state index contributed by atoms with van der Waals surface area (Å²) < 4.78 is 13.5. The molecule has 0 aliphatic carbocycles. The molecule has 1 aromatic heterocycles. The van der Waals surface area contributed by atoms with Gasteiger partial charge in [-0.2, -0.15) is 0 Å². The van der Waals surface area contributed by atoms with Gasteiger partial charge in [0.05, 0.1) is 11.6 Å². The zero-order valence-electron chi connectivity index (χ0n) is 11.7. The maximum absolute atomic E-state index is 13.5. The third kappa shape index (κ3) is 2.63. The summed E-state index contributed by atoms with van der Waals surface area (Å²) in [7, 11) is 0. The Kier molecular flexibility index (Phi) is 3.64. The Morgan fingerprint density at radius 3 is 2.81 bits per heavy atom. The number of hydrogen-bond acceptors (Lipinski definition) is 3. The highest BCUT2D eigenvalue weighted by molar-refractivity contribution is 5.79. The van der Waals surface area contributed by atoms with E-state index in [9.17, 15) is 4.39 Å². The van der Waals surface area contributed by atoms with Gasteiger partial charge in [0.2, 0.25) is 0 Å². The lowest BCUT2D eigenvalue weighted by Crippen LogP contribution is -2.29. The number of pyridine rings is 1. The maximum Gasteiger partial charge on any atom is 0.123 e. The molecule has 1 unspecified atom stereocenters. The molecule has 0 bridgehead atoms. The van der Waals surface area contributed by atoms with Gasteiger partial charge in [0.1, 0.15) is 5.82 Å². The average molecular weight is 281 g/mol. The van der Waals surface area contributed by atoms with Crippen LogP contribution in [0.2, 0.25) is 0 Å². The van der Waals surface area contributed by atoms with Crippen LogP contribution in [0.15, 0.2) is 54.7 Å². The second kappa shape index (κ2) is 5.60. The third-order valence-electron chi connectivity index (χ3n) is 3.68. The molecule has 3 N–H and O–H groups in total. The van der Waals surface area contributed by atoms with Crippen molar-refractivity contribution in [2.45, 2.75) is 13.0 Å². The van der Waals surface area contributed by atoms with E-state index in [4.69, 9.17) is 5.84 Å². The van der Waals surface area contributed by atoms with Crippen molar-refractivity contribution in [3.05, 3.63) is 77.2 Å². The zero-order chi connectivity index (χ0) is 14.8. The molecule has 3 rings (SSSR count). The molecule has 0 radical (unpaired) electrons. The third-order valence-corrected chi connectivity index (χ3v) is 3.68. The molecule has 0 aliphatic rings. The normalized spacial score (nSPS) is 12.5. The SMILES string of the molecule is Cc1ccc(F)cc1C(NN)c1ccc2cccnc2c1. The lowest BCUT2D eigenvalue weighted by atomic mass is 9.94. The highest BCUT2D eigenvalue weighted by atomic mass is 19.1. The van der Waals surface area contributed by atoms with E-state index in [2.05, 4.69) is 10.4 Å². The smallest absolute Gasteiger partial charge is 0.123 e. The van der Waals surface area contributed by atoms with Crippen LogP contribution in [0.25, 0.3) is 10.9 Å². The lowest BCUT2D eigenvalue weighted by Gasteiger charge is -2.19. The molecule has 1 heterocycles. The van der Waals surface area contributed by atoms with Crippen LogP contribution in [0.3, 0.4) is 0 Å². The monoisotopic (exact) mass is 281 g/mol. The van der Waals surface area contributed by atoms with Crippen molar-refractivity contribution in [1.82, 2.24) is 10.4 Å². The highest BCUT2D eigenvalue weighted by Gasteiger charge is 2.16. The predicted octanol–water partition coefficient (Wildman–Crippen LogP) is 3.24. The first-order valence-corrected chi connectivity index (χ1v) is 6.76. The van der Waals surface area contributed by atoms with E-state index in [-0.39, 0.29) is 11.9 Å². The van der Waals surface area contributed by atoms with Crippen LogP contribution < -0.4 is 11.3 Å². The average Bonchev–Trinajstić information content (AvgIpc) is 2.51. The molecule has 0 spiro atoms. The highest BCUT2D eigenvalue weighted by Crippen LogP contribution is 2.27. The van der Waals surface area contributed by atoms with Gasteiger partial charge in [-0.15, -0.1) is 0 Å². The summed E-state index contributed by atoms with van der Waals surface area (Å²) in [6, 6.07) is 14.3. The minimum atomic E-state index is -0.271. The van der Waals surface area contributed by atoms with Crippen LogP contribution in [0.1, 0.15) is 22.7 Å². The van der Waals surface area contributed by atoms with E-state index in [0.29, 0.717) is 0 Å². The second-order valence-corrected chi connectivity index (χ2v) is 5.06. The Balaban J connectivity index is 2.11. The van der Waals surface area contributed by atoms with Gasteiger partial charge in [-0.3, -0.25) is 10.8 Å². The molecule has 106 valence electrons. The summed E-state index contributed by atoms with van der Waals surface area (Å²) in [4.78, 5) is 4.35. The number of aromatic nitrogens is 1. The number of fused-ring (bicyclic) bond motifs is 1. The van der Waals surface area contributed by atoms with Crippen LogP contribution in [0.5, 0.6) is 0 Å². The molecule has 1 atom stereocenters. The lowest BCUT2D eigenvalue weighted by molar-refractivity contribution is 0.603. The van der Waals surface area contributed by atoms with Gasteiger partial charge in [-0.05, 0) is 47.9 Å². The standard InChI is InChI=1S/C17H16FN3/c1-11-4-7-14(18)10-15(11)17(21-19)13-6-5-12-3-2-8-20-16(12)9-13/h2-10,17,21H,19H2,1H3. The van der Waals surface area contributed by atoms with Crippen molar-refractivity contribution < 1.29 is 4.39 Å². The number of nitrogens with two attached hydrogens (primary N) is 1. The summed E-state index contributed by atoms with van der Waals surface area (Å²) in [5, 5.41) is 1.06. The molecule has 0 saturated heterocycles. The quantitative estimate of drug-likeness (QED) is 0.572. The van der Waals surface area contributed by atoms with Gasteiger partial charge in [0, 0.05) is 11.6 Å². The van der Waals surface area contributed by atoms with E-state index < -0.39 is 0 Å². The summed E-state index contributed by atoms with van der Waals surface area (Å²) in [6.45, 7) is 1.94. The van der Waals surface area contributed by atoms with Crippen LogP contribution in [0, 0.1) is 12.7 Å². The molecule has 0 amide bonds. The fraction of sp³-hybridized carbons (Fsp3) is 0.118. The number of hydrogen-bond donors (Lipinski definition) is 2. The van der Waals surface area contributed by atoms with Crippen LogP contribution in [-0.4, -0.2) is 4.98 Å². The van der Waals surface area contributed by atoms with E-state index in [1.807, 2.05) is 37.3 Å². The molecule has 3 aromatic rings. The summed E-state index contributed by atoms with van der Waals surface area (Å²) in [6.07, 6.45) is 1.75. The van der Waals surface area contributed by atoms with Crippen LogP contribution in [-0.2, 0) is 0 Å². The largest absolute Gasteiger partial charge is 0.271 e. The van der Waals surface area contributed by atoms with E-state index in [1.54, 1.807) is 12.3 Å². The number of aryl methyl sites for hydroxylation is 1. The molecule has 21 heavy (non-hydrogen) atoms. The first kappa shape index (κ1) is 13.7. The predicted molar refractivity (Wildman–Crippen MR) is 82.0 cm³/mol. The first-order chi connectivity index (χ1) is 10.2. The zero-order valence-corrected chi connectivity index (χ0v) is 11.7. The van der Waals surface area contributed by atoms with Gasteiger partial charge in [0.25, 0.3) is 0 Å². The van der Waals surface area contributed by atoms with Crippen molar-refractivity contribution >= 4 is 10.9 Å². The second-order valence-electron chi connectivity index (χ2n) is 5.06. The van der Waals surface area contributed by atoms with Crippen molar-refractivity contribution in [2.75, 3.05) is 0 Å². The maximum atomic E-state index is 13.5. The van der Waals surface area contributed by atoms with Crippen molar-refractivity contribution in [2.24, 2.45) is 5.84 Å². The number of hydrazine groups is 1. The Bertz CT molecular complexity index is 786. The van der Waals surface area contributed by atoms with Gasteiger partial charge in [0.15, 0.2) is 0 Å². The van der Waals surface area contributed by atoms with Gasteiger partial charge in [-0.25, -0.2) is 9.82 Å². The Morgan fingerprint density at radius 1 is 1.14 bits per heavy atom. The number of benzene rings is 2. The van der Waals surface area contributed by atoms with Gasteiger partial charge >= 0.3 is 0 Å². The summed E-state index contributed by atoms with van der Waals surface area (Å²) in [5.41, 5.74) is 6.43. The Labute approximate surface area is 122 Å². The minimum Gasteiger partial charge on any atom is -0.271 e. The topological polar surface area (TPSA) is 50.9 Å². The van der Waals surface area contributed by atoms with Crippen molar-refractivity contribution in [1.29, 1.82) is 0 Å². The van der Waals surface area contributed by atoms with Crippen LogP contribution in [0.4, 0.5) is 4.39 Å². The van der Waals surface area contributed by atoms with Gasteiger partial charge in [-0.1, -0.05) is 24.3 Å².